The Kier molecular flexibility index (Phi) is 5.29. The molecule has 0 aromatic carbocycles. The molecule has 0 aliphatic heterocycles. The fraction of sp³-hybridized carbons (Fsp3) is 0.615. The number of nitrogens with one attached hydrogen (secondary N) is 2. The van der Waals surface area contributed by atoms with Gasteiger partial charge in [0.05, 0.1) is 4.90 Å². The number of anilines is 1. The normalized spacial score (nSPS) is 22.9. The highest BCUT2D eigenvalue weighted by Crippen LogP contribution is 2.29. The topological polar surface area (TPSA) is 71.1 Å². The highest BCUT2D eigenvalue weighted by Gasteiger charge is 2.30. The Balaban J connectivity index is 2.15. The number of hydrogen-bond donors (Lipinski definition) is 2. The van der Waals surface area contributed by atoms with Gasteiger partial charge in [-0.25, -0.2) is 18.1 Å². The lowest BCUT2D eigenvalue weighted by Gasteiger charge is -2.19. The molecular weight excluding hydrogens is 294 g/mol. The van der Waals surface area contributed by atoms with Crippen LogP contribution in [-0.4, -0.2) is 37.5 Å². The second-order valence-corrected chi connectivity index (χ2v) is 7.63. The fourth-order valence-electron chi connectivity index (χ4n) is 2.47. The van der Waals surface area contributed by atoms with E-state index in [2.05, 4.69) is 15.0 Å². The van der Waals surface area contributed by atoms with Gasteiger partial charge in [-0.15, -0.1) is 0 Å². The summed E-state index contributed by atoms with van der Waals surface area (Å²) in [7, 11) is -3.47. The van der Waals surface area contributed by atoms with E-state index in [-0.39, 0.29) is 10.9 Å². The lowest BCUT2D eigenvalue weighted by molar-refractivity contribution is 0.555. The lowest BCUT2D eigenvalue weighted by atomic mass is 10.3. The maximum Gasteiger partial charge on any atom is 0.241 e. The van der Waals surface area contributed by atoms with Crippen LogP contribution in [0, 0.1) is 0 Å². The van der Waals surface area contributed by atoms with Gasteiger partial charge in [0.25, 0.3) is 0 Å². The predicted octanol–water partition coefficient (Wildman–Crippen LogP) is 2.08. The molecule has 1 aliphatic carbocycles. The summed E-state index contributed by atoms with van der Waals surface area (Å²) in [4.78, 5) is 4.37. The van der Waals surface area contributed by atoms with Crippen LogP contribution >= 0.6 is 11.8 Å². The molecule has 1 aliphatic rings. The van der Waals surface area contributed by atoms with Gasteiger partial charge in [0.1, 0.15) is 5.82 Å². The summed E-state index contributed by atoms with van der Waals surface area (Å²) in [5.74, 6) is 0.586. The molecule has 2 atom stereocenters. The number of thioether (sulfide) groups is 1. The summed E-state index contributed by atoms with van der Waals surface area (Å²) in [5.41, 5.74) is 0. The molecule has 1 aromatic rings. The van der Waals surface area contributed by atoms with Gasteiger partial charge in [-0.2, -0.15) is 11.8 Å². The van der Waals surface area contributed by atoms with Crippen molar-refractivity contribution in [3.63, 3.8) is 0 Å². The van der Waals surface area contributed by atoms with Crippen molar-refractivity contribution in [3.05, 3.63) is 18.3 Å². The molecule has 1 heterocycles. The van der Waals surface area contributed by atoms with Crippen molar-refractivity contribution >= 4 is 27.6 Å². The Bertz CT molecular complexity index is 548. The predicted molar refractivity (Wildman–Crippen MR) is 83.7 cm³/mol. The molecule has 1 aromatic heterocycles. The number of hydrogen-bond acceptors (Lipinski definition) is 5. The molecule has 1 fully saturated rings. The number of sulfonamides is 1. The monoisotopic (exact) mass is 315 g/mol. The van der Waals surface area contributed by atoms with E-state index in [1.165, 1.54) is 12.3 Å². The van der Waals surface area contributed by atoms with Gasteiger partial charge >= 0.3 is 0 Å². The Labute approximate surface area is 125 Å². The van der Waals surface area contributed by atoms with Gasteiger partial charge in [0.2, 0.25) is 10.0 Å². The molecule has 112 valence electrons. The first-order chi connectivity index (χ1) is 9.56. The van der Waals surface area contributed by atoms with E-state index < -0.39 is 10.0 Å². The van der Waals surface area contributed by atoms with Crippen molar-refractivity contribution in [1.82, 2.24) is 9.71 Å². The van der Waals surface area contributed by atoms with Crippen LogP contribution in [0.3, 0.4) is 0 Å². The molecule has 5 nitrogen and oxygen atoms in total. The van der Waals surface area contributed by atoms with E-state index in [0.29, 0.717) is 17.6 Å². The second kappa shape index (κ2) is 6.78. The summed E-state index contributed by atoms with van der Waals surface area (Å²) >= 11 is 1.74. The molecule has 20 heavy (non-hydrogen) atoms. The molecule has 7 heteroatoms. The van der Waals surface area contributed by atoms with Gasteiger partial charge in [0, 0.05) is 30.1 Å². The zero-order valence-corrected chi connectivity index (χ0v) is 13.4. The highest BCUT2D eigenvalue weighted by molar-refractivity contribution is 7.99. The summed E-state index contributed by atoms with van der Waals surface area (Å²) in [5, 5.41) is 3.40. The quantitative estimate of drug-likeness (QED) is 0.841. The summed E-state index contributed by atoms with van der Waals surface area (Å²) in [6.45, 7) is 2.66. The van der Waals surface area contributed by atoms with E-state index >= 15 is 0 Å². The summed E-state index contributed by atoms with van der Waals surface area (Å²) in [6, 6.07) is 3.15. The van der Waals surface area contributed by atoms with Crippen LogP contribution in [0.2, 0.25) is 0 Å². The number of aromatic nitrogens is 1. The van der Waals surface area contributed by atoms with Crippen LogP contribution in [0.4, 0.5) is 5.82 Å². The Morgan fingerprint density at radius 1 is 1.45 bits per heavy atom. The van der Waals surface area contributed by atoms with Crippen molar-refractivity contribution in [1.29, 1.82) is 0 Å². The van der Waals surface area contributed by atoms with Crippen molar-refractivity contribution in [2.45, 2.75) is 42.4 Å². The van der Waals surface area contributed by atoms with Crippen LogP contribution in [0.15, 0.2) is 23.2 Å². The number of pyridine rings is 1. The minimum absolute atomic E-state index is 0.0331. The first-order valence-electron chi connectivity index (χ1n) is 6.82. The molecule has 0 saturated heterocycles. The smallest absolute Gasteiger partial charge is 0.241 e. The first-order valence-corrected chi connectivity index (χ1v) is 9.59. The van der Waals surface area contributed by atoms with Gasteiger partial charge in [-0.1, -0.05) is 6.42 Å². The van der Waals surface area contributed by atoms with Crippen LogP contribution in [0.25, 0.3) is 0 Å². The average molecular weight is 315 g/mol. The summed E-state index contributed by atoms with van der Waals surface area (Å²) in [6.07, 6.45) is 6.63. The fourth-order valence-corrected chi connectivity index (χ4v) is 4.81. The molecule has 0 bridgehead atoms. The van der Waals surface area contributed by atoms with Crippen LogP contribution in [-0.2, 0) is 10.0 Å². The van der Waals surface area contributed by atoms with E-state index in [1.54, 1.807) is 17.8 Å². The van der Waals surface area contributed by atoms with Crippen molar-refractivity contribution in [2.75, 3.05) is 18.1 Å². The third kappa shape index (κ3) is 3.65. The average Bonchev–Trinajstić information content (AvgIpc) is 2.86. The van der Waals surface area contributed by atoms with Crippen molar-refractivity contribution in [2.24, 2.45) is 0 Å². The van der Waals surface area contributed by atoms with Crippen LogP contribution in [0.1, 0.15) is 26.2 Å². The zero-order valence-electron chi connectivity index (χ0n) is 11.8. The van der Waals surface area contributed by atoms with Crippen molar-refractivity contribution in [3.8, 4) is 0 Å². The van der Waals surface area contributed by atoms with E-state index in [1.807, 2.05) is 13.2 Å². The van der Waals surface area contributed by atoms with E-state index in [0.717, 1.165) is 19.3 Å². The maximum atomic E-state index is 12.4. The third-order valence-electron chi connectivity index (χ3n) is 3.46. The minimum atomic E-state index is -3.47. The van der Waals surface area contributed by atoms with Gasteiger partial charge in [-0.3, -0.25) is 0 Å². The number of rotatable bonds is 6. The van der Waals surface area contributed by atoms with Gasteiger partial charge in [-0.05, 0) is 32.1 Å². The molecular formula is C13H21N3O2S2. The molecule has 2 rings (SSSR count). The standard InChI is InChI=1S/C13H21N3O2S2/c1-3-14-13-9-10(7-8-15-13)20(17,18)16-11-5-4-6-12(11)19-2/h7-9,11-12,16H,3-6H2,1-2H3,(H,14,15). The van der Waals surface area contributed by atoms with Crippen molar-refractivity contribution < 1.29 is 8.42 Å². The van der Waals surface area contributed by atoms with Gasteiger partial charge in [0.15, 0.2) is 0 Å². The lowest BCUT2D eigenvalue weighted by Crippen LogP contribution is -2.38. The first kappa shape index (κ1) is 15.6. The molecule has 0 radical (unpaired) electrons. The Hall–Kier alpha value is -0.790. The second-order valence-electron chi connectivity index (χ2n) is 4.84. The minimum Gasteiger partial charge on any atom is -0.370 e. The molecule has 1 saturated carbocycles. The van der Waals surface area contributed by atoms with Crippen LogP contribution < -0.4 is 10.0 Å². The molecule has 2 unspecified atom stereocenters. The van der Waals surface area contributed by atoms with Gasteiger partial charge < -0.3 is 5.32 Å². The van der Waals surface area contributed by atoms with E-state index in [4.69, 9.17) is 0 Å². The largest absolute Gasteiger partial charge is 0.370 e. The molecule has 0 spiro atoms. The SMILES string of the molecule is CCNc1cc(S(=O)(=O)NC2CCCC2SC)ccn1. The molecule has 2 N–H and O–H groups in total. The summed E-state index contributed by atoms with van der Waals surface area (Å²) < 4.78 is 27.7. The van der Waals surface area contributed by atoms with Crippen LogP contribution in [0.5, 0.6) is 0 Å². The third-order valence-corrected chi connectivity index (χ3v) is 6.12. The Morgan fingerprint density at radius 3 is 2.95 bits per heavy atom. The maximum absolute atomic E-state index is 12.4. The number of nitrogens with zero attached hydrogens (tertiary/aromatic N) is 1. The zero-order chi connectivity index (χ0) is 14.6. The molecule has 0 amide bonds. The highest BCUT2D eigenvalue weighted by atomic mass is 32.2. The Morgan fingerprint density at radius 2 is 2.25 bits per heavy atom. The van der Waals surface area contributed by atoms with E-state index in [9.17, 15) is 8.42 Å².